The summed E-state index contributed by atoms with van der Waals surface area (Å²) in [6, 6.07) is 20.1. The van der Waals surface area contributed by atoms with E-state index in [-0.39, 0.29) is 30.4 Å². The van der Waals surface area contributed by atoms with Crippen molar-refractivity contribution in [2.45, 2.75) is 44.4 Å². The summed E-state index contributed by atoms with van der Waals surface area (Å²) in [4.78, 5) is 12.5. The lowest BCUT2D eigenvalue weighted by Gasteiger charge is -2.21. The lowest BCUT2D eigenvalue weighted by Crippen LogP contribution is -2.35. The standard InChI is InChI=1S/C22H28N2O2.ClH/c23-20-13-7-12-19(20)14-22(25)24-21(18-10-5-2-6-11-18)16-26-15-17-8-3-1-4-9-17;/h1-6,8-11,19-21H,7,12-16,23H2,(H,24,25);1H/t19-,20+,21?;/m0./s1. The molecule has 3 atom stereocenters. The van der Waals surface area contributed by atoms with Crippen molar-refractivity contribution in [3.63, 3.8) is 0 Å². The van der Waals surface area contributed by atoms with E-state index < -0.39 is 0 Å². The van der Waals surface area contributed by atoms with Gasteiger partial charge in [0, 0.05) is 12.5 Å². The number of ether oxygens (including phenoxy) is 1. The van der Waals surface area contributed by atoms with E-state index in [1.807, 2.05) is 60.7 Å². The van der Waals surface area contributed by atoms with E-state index in [1.54, 1.807) is 0 Å². The fraction of sp³-hybridized carbons (Fsp3) is 0.409. The monoisotopic (exact) mass is 388 g/mol. The van der Waals surface area contributed by atoms with Crippen LogP contribution < -0.4 is 11.1 Å². The molecule has 2 aromatic rings. The Morgan fingerprint density at radius 2 is 1.74 bits per heavy atom. The van der Waals surface area contributed by atoms with Gasteiger partial charge in [0.15, 0.2) is 0 Å². The van der Waals surface area contributed by atoms with Crippen molar-refractivity contribution in [2.75, 3.05) is 6.61 Å². The molecule has 1 fully saturated rings. The van der Waals surface area contributed by atoms with Crippen molar-refractivity contribution >= 4 is 18.3 Å². The van der Waals surface area contributed by atoms with E-state index in [4.69, 9.17) is 10.5 Å². The lowest BCUT2D eigenvalue weighted by molar-refractivity contribution is -0.123. The summed E-state index contributed by atoms with van der Waals surface area (Å²) in [7, 11) is 0. The normalized spacial score (nSPS) is 19.9. The number of nitrogens with two attached hydrogens (primary N) is 1. The second-order valence-corrected chi connectivity index (χ2v) is 7.09. The highest BCUT2D eigenvalue weighted by molar-refractivity contribution is 5.85. The van der Waals surface area contributed by atoms with Crippen molar-refractivity contribution in [1.82, 2.24) is 5.32 Å². The highest BCUT2D eigenvalue weighted by Crippen LogP contribution is 2.27. The Labute approximate surface area is 167 Å². The number of nitrogens with one attached hydrogen (secondary N) is 1. The van der Waals surface area contributed by atoms with Gasteiger partial charge < -0.3 is 15.8 Å². The summed E-state index contributed by atoms with van der Waals surface area (Å²) in [5.41, 5.74) is 8.30. The number of rotatable bonds is 8. The van der Waals surface area contributed by atoms with Crippen LogP contribution in [0.5, 0.6) is 0 Å². The van der Waals surface area contributed by atoms with E-state index in [2.05, 4.69) is 5.32 Å². The van der Waals surface area contributed by atoms with Crippen molar-refractivity contribution < 1.29 is 9.53 Å². The minimum Gasteiger partial charge on any atom is -0.374 e. The predicted octanol–water partition coefficient (Wildman–Crippen LogP) is 4.00. The minimum absolute atomic E-state index is 0. The highest BCUT2D eigenvalue weighted by Gasteiger charge is 2.27. The zero-order valence-electron chi connectivity index (χ0n) is 15.6. The number of amides is 1. The smallest absolute Gasteiger partial charge is 0.220 e. The molecule has 1 aliphatic rings. The van der Waals surface area contributed by atoms with Gasteiger partial charge in [-0.1, -0.05) is 67.1 Å². The minimum atomic E-state index is -0.148. The van der Waals surface area contributed by atoms with E-state index in [0.717, 1.165) is 30.4 Å². The van der Waals surface area contributed by atoms with E-state index in [1.165, 1.54) is 0 Å². The summed E-state index contributed by atoms with van der Waals surface area (Å²) in [5.74, 6) is 0.362. The molecule has 0 heterocycles. The first-order valence-electron chi connectivity index (χ1n) is 9.44. The Bertz CT molecular complexity index is 681. The molecule has 2 aromatic carbocycles. The predicted molar refractivity (Wildman–Crippen MR) is 111 cm³/mol. The largest absolute Gasteiger partial charge is 0.374 e. The molecule has 0 aliphatic heterocycles. The summed E-state index contributed by atoms with van der Waals surface area (Å²) in [6.07, 6.45) is 3.71. The van der Waals surface area contributed by atoms with Gasteiger partial charge in [-0.25, -0.2) is 0 Å². The maximum atomic E-state index is 12.5. The zero-order valence-corrected chi connectivity index (χ0v) is 16.4. The molecule has 5 heteroatoms. The average molecular weight is 389 g/mol. The Morgan fingerprint density at radius 1 is 1.07 bits per heavy atom. The molecule has 1 saturated carbocycles. The van der Waals surface area contributed by atoms with Crippen LogP contribution in [0.2, 0.25) is 0 Å². The van der Waals surface area contributed by atoms with Crippen molar-refractivity contribution in [1.29, 1.82) is 0 Å². The van der Waals surface area contributed by atoms with Crippen LogP contribution in [0.15, 0.2) is 60.7 Å². The first-order chi connectivity index (χ1) is 12.7. The summed E-state index contributed by atoms with van der Waals surface area (Å²) < 4.78 is 5.89. The third kappa shape index (κ3) is 6.65. The molecule has 0 aromatic heterocycles. The number of benzene rings is 2. The van der Waals surface area contributed by atoms with Gasteiger partial charge in [-0.05, 0) is 29.9 Å². The van der Waals surface area contributed by atoms with Crippen LogP contribution in [0.1, 0.15) is 42.9 Å². The molecule has 3 N–H and O–H groups in total. The third-order valence-electron chi connectivity index (χ3n) is 5.10. The molecule has 0 spiro atoms. The first-order valence-corrected chi connectivity index (χ1v) is 9.44. The van der Waals surface area contributed by atoms with Crippen LogP contribution in [0, 0.1) is 5.92 Å². The van der Waals surface area contributed by atoms with Crippen LogP contribution in [-0.4, -0.2) is 18.6 Å². The molecule has 1 unspecified atom stereocenters. The Hall–Kier alpha value is -1.88. The van der Waals surface area contributed by atoms with Crippen LogP contribution in [-0.2, 0) is 16.1 Å². The molecule has 1 aliphatic carbocycles. The molecular formula is C22H29ClN2O2. The number of hydrogen-bond acceptors (Lipinski definition) is 3. The maximum absolute atomic E-state index is 12.5. The Morgan fingerprint density at radius 3 is 2.37 bits per heavy atom. The van der Waals surface area contributed by atoms with Gasteiger partial charge in [0.2, 0.25) is 5.91 Å². The van der Waals surface area contributed by atoms with E-state index in [9.17, 15) is 4.79 Å². The fourth-order valence-corrected chi connectivity index (χ4v) is 3.59. The summed E-state index contributed by atoms with van der Waals surface area (Å²) in [6.45, 7) is 0.981. The van der Waals surface area contributed by atoms with Gasteiger partial charge in [-0.15, -0.1) is 12.4 Å². The van der Waals surface area contributed by atoms with Gasteiger partial charge in [0.1, 0.15) is 0 Å². The quantitative estimate of drug-likeness (QED) is 0.718. The maximum Gasteiger partial charge on any atom is 0.220 e. The Balaban J connectivity index is 0.00000261. The topological polar surface area (TPSA) is 64.4 Å². The van der Waals surface area contributed by atoms with Gasteiger partial charge >= 0.3 is 0 Å². The molecule has 1 amide bonds. The number of hydrogen-bond donors (Lipinski definition) is 2. The zero-order chi connectivity index (χ0) is 18.2. The fourth-order valence-electron chi connectivity index (χ4n) is 3.59. The van der Waals surface area contributed by atoms with Crippen molar-refractivity contribution in [3.8, 4) is 0 Å². The Kier molecular flexibility index (Phi) is 8.79. The molecule has 146 valence electrons. The third-order valence-corrected chi connectivity index (χ3v) is 5.10. The van der Waals surface area contributed by atoms with Crippen LogP contribution in [0.4, 0.5) is 0 Å². The molecule has 0 saturated heterocycles. The van der Waals surface area contributed by atoms with Crippen LogP contribution >= 0.6 is 12.4 Å². The molecule has 0 radical (unpaired) electrons. The SMILES string of the molecule is Cl.N[C@@H]1CCC[C@H]1CC(=O)NC(COCc1ccccc1)c1ccccc1. The molecular weight excluding hydrogens is 360 g/mol. The second kappa shape index (κ2) is 11.1. The molecule has 27 heavy (non-hydrogen) atoms. The van der Waals surface area contributed by atoms with Gasteiger partial charge in [0.05, 0.1) is 19.3 Å². The average Bonchev–Trinajstić information content (AvgIpc) is 3.07. The second-order valence-electron chi connectivity index (χ2n) is 7.09. The number of halogens is 1. The van der Waals surface area contributed by atoms with Gasteiger partial charge in [-0.2, -0.15) is 0 Å². The first kappa shape index (κ1) is 21.4. The number of carbonyl (C=O) groups excluding carboxylic acids is 1. The van der Waals surface area contributed by atoms with Gasteiger partial charge in [-0.3, -0.25) is 4.79 Å². The van der Waals surface area contributed by atoms with E-state index in [0.29, 0.717) is 25.6 Å². The molecule has 3 rings (SSSR count). The summed E-state index contributed by atoms with van der Waals surface area (Å²) in [5, 5.41) is 3.15. The van der Waals surface area contributed by atoms with Crippen LogP contribution in [0.25, 0.3) is 0 Å². The number of carbonyl (C=O) groups is 1. The lowest BCUT2D eigenvalue weighted by atomic mass is 9.99. The van der Waals surface area contributed by atoms with Crippen molar-refractivity contribution in [3.05, 3.63) is 71.8 Å². The molecule has 0 bridgehead atoms. The van der Waals surface area contributed by atoms with E-state index >= 15 is 0 Å². The molecule has 4 nitrogen and oxygen atoms in total. The van der Waals surface area contributed by atoms with Crippen molar-refractivity contribution in [2.24, 2.45) is 11.7 Å². The summed E-state index contributed by atoms with van der Waals surface area (Å²) >= 11 is 0. The highest BCUT2D eigenvalue weighted by atomic mass is 35.5. The van der Waals surface area contributed by atoms with Crippen LogP contribution in [0.3, 0.4) is 0 Å². The van der Waals surface area contributed by atoms with Gasteiger partial charge in [0.25, 0.3) is 0 Å².